The molecule has 2 nitrogen and oxygen atoms in total. The highest BCUT2D eigenvalue weighted by Crippen LogP contribution is 2.15. The highest BCUT2D eigenvalue weighted by molar-refractivity contribution is 9.09. The Morgan fingerprint density at radius 3 is 2.85 bits per heavy atom. The van der Waals surface area contributed by atoms with Crippen molar-refractivity contribution in [1.29, 1.82) is 0 Å². The normalized spacial score (nSPS) is 9.69. The zero-order chi connectivity index (χ0) is 9.68. The van der Waals surface area contributed by atoms with Crippen molar-refractivity contribution < 1.29 is 13.9 Å². The number of ether oxygens (including phenoxy) is 1. The molecule has 4 heteroatoms. The SMILES string of the molecule is O=Cc1ccc(OCCBr)cc1F. The molecule has 13 heavy (non-hydrogen) atoms. The fourth-order valence-electron chi connectivity index (χ4n) is 0.850. The lowest BCUT2D eigenvalue weighted by Gasteiger charge is -2.03. The van der Waals surface area contributed by atoms with Crippen molar-refractivity contribution in [3.05, 3.63) is 29.6 Å². The fraction of sp³-hybridized carbons (Fsp3) is 0.222. The summed E-state index contributed by atoms with van der Waals surface area (Å²) < 4.78 is 18.1. The first kappa shape index (κ1) is 10.2. The molecule has 0 aliphatic carbocycles. The number of hydrogen-bond acceptors (Lipinski definition) is 2. The van der Waals surface area contributed by atoms with Crippen LogP contribution in [0, 0.1) is 5.82 Å². The second-order valence-electron chi connectivity index (χ2n) is 2.34. The Bertz CT molecular complexity index is 302. The van der Waals surface area contributed by atoms with Crippen LogP contribution in [0.25, 0.3) is 0 Å². The van der Waals surface area contributed by atoms with E-state index >= 15 is 0 Å². The van der Waals surface area contributed by atoms with Crippen molar-refractivity contribution in [2.75, 3.05) is 11.9 Å². The first-order chi connectivity index (χ1) is 6.27. The third kappa shape index (κ3) is 2.81. The molecule has 0 unspecified atom stereocenters. The molecule has 0 amide bonds. The quantitative estimate of drug-likeness (QED) is 0.603. The van der Waals surface area contributed by atoms with Crippen LogP contribution in [0.1, 0.15) is 10.4 Å². The minimum atomic E-state index is -0.554. The van der Waals surface area contributed by atoms with Crippen molar-refractivity contribution in [3.63, 3.8) is 0 Å². The van der Waals surface area contributed by atoms with Gasteiger partial charge in [0.1, 0.15) is 11.6 Å². The van der Waals surface area contributed by atoms with E-state index in [0.29, 0.717) is 24.0 Å². The Balaban J connectivity index is 2.77. The van der Waals surface area contributed by atoms with Crippen molar-refractivity contribution >= 4 is 22.2 Å². The van der Waals surface area contributed by atoms with Crippen LogP contribution in [0.4, 0.5) is 4.39 Å². The van der Waals surface area contributed by atoms with Gasteiger partial charge >= 0.3 is 0 Å². The van der Waals surface area contributed by atoms with Crippen LogP contribution in [0.3, 0.4) is 0 Å². The molecule has 1 aromatic rings. The predicted octanol–water partition coefficient (Wildman–Crippen LogP) is 2.41. The smallest absolute Gasteiger partial charge is 0.152 e. The van der Waals surface area contributed by atoms with E-state index in [1.54, 1.807) is 6.07 Å². The van der Waals surface area contributed by atoms with Crippen LogP contribution in [0.15, 0.2) is 18.2 Å². The Hall–Kier alpha value is -0.900. The zero-order valence-corrected chi connectivity index (χ0v) is 8.38. The van der Waals surface area contributed by atoms with Gasteiger partial charge in [0.15, 0.2) is 6.29 Å². The summed E-state index contributed by atoms with van der Waals surface area (Å²) in [5.74, 6) is -0.121. The van der Waals surface area contributed by atoms with E-state index in [0.717, 1.165) is 0 Å². The maximum atomic E-state index is 13.0. The van der Waals surface area contributed by atoms with E-state index in [4.69, 9.17) is 4.74 Å². The third-order valence-corrected chi connectivity index (χ3v) is 1.77. The molecule has 0 saturated carbocycles. The predicted molar refractivity (Wildman–Crippen MR) is 51.1 cm³/mol. The molecular weight excluding hydrogens is 239 g/mol. The van der Waals surface area contributed by atoms with Crippen LogP contribution in [-0.4, -0.2) is 18.2 Å². The largest absolute Gasteiger partial charge is 0.493 e. The molecule has 0 aliphatic rings. The first-order valence-corrected chi connectivity index (χ1v) is 4.83. The summed E-state index contributed by atoms with van der Waals surface area (Å²) in [6.45, 7) is 0.472. The third-order valence-electron chi connectivity index (χ3n) is 1.44. The van der Waals surface area contributed by atoms with E-state index in [1.165, 1.54) is 12.1 Å². The van der Waals surface area contributed by atoms with Gasteiger partial charge in [0.25, 0.3) is 0 Å². The monoisotopic (exact) mass is 246 g/mol. The average molecular weight is 247 g/mol. The molecule has 0 N–H and O–H groups in total. The molecule has 0 heterocycles. The molecule has 0 aromatic heterocycles. The zero-order valence-electron chi connectivity index (χ0n) is 6.80. The van der Waals surface area contributed by atoms with Crippen LogP contribution in [0.5, 0.6) is 5.75 Å². The van der Waals surface area contributed by atoms with Gasteiger partial charge in [-0.1, -0.05) is 15.9 Å². The number of benzene rings is 1. The Kier molecular flexibility index (Phi) is 3.89. The second kappa shape index (κ2) is 4.97. The van der Waals surface area contributed by atoms with Crippen molar-refractivity contribution in [1.82, 2.24) is 0 Å². The number of rotatable bonds is 4. The standard InChI is InChI=1S/C9H8BrFO2/c10-3-4-13-8-2-1-7(6-12)9(11)5-8/h1-2,5-6H,3-4H2. The fourth-order valence-corrected chi connectivity index (χ4v) is 1.01. The maximum absolute atomic E-state index is 13.0. The van der Waals surface area contributed by atoms with Gasteiger partial charge in [-0.05, 0) is 12.1 Å². The van der Waals surface area contributed by atoms with Gasteiger partial charge in [0, 0.05) is 11.4 Å². The summed E-state index contributed by atoms with van der Waals surface area (Å²) in [6, 6.07) is 4.16. The summed E-state index contributed by atoms with van der Waals surface area (Å²) in [5.41, 5.74) is 0.0474. The second-order valence-corrected chi connectivity index (χ2v) is 3.13. The molecule has 0 bridgehead atoms. The van der Waals surface area contributed by atoms with Gasteiger partial charge in [-0.25, -0.2) is 4.39 Å². The summed E-state index contributed by atoms with van der Waals surface area (Å²) in [5, 5.41) is 0.685. The van der Waals surface area contributed by atoms with Gasteiger partial charge in [-0.3, -0.25) is 4.79 Å². The van der Waals surface area contributed by atoms with Crippen LogP contribution in [0.2, 0.25) is 0 Å². The molecule has 0 fully saturated rings. The molecule has 1 aromatic carbocycles. The van der Waals surface area contributed by atoms with E-state index in [1.807, 2.05) is 0 Å². The number of alkyl halides is 1. The van der Waals surface area contributed by atoms with Crippen molar-refractivity contribution in [2.45, 2.75) is 0 Å². The van der Waals surface area contributed by atoms with E-state index in [-0.39, 0.29) is 5.56 Å². The molecule has 0 aliphatic heterocycles. The van der Waals surface area contributed by atoms with Gasteiger partial charge in [0.2, 0.25) is 0 Å². The average Bonchev–Trinajstić information content (AvgIpc) is 2.15. The topological polar surface area (TPSA) is 26.3 Å². The Labute approximate surface area is 83.8 Å². The van der Waals surface area contributed by atoms with Crippen molar-refractivity contribution in [2.24, 2.45) is 0 Å². The minimum Gasteiger partial charge on any atom is -0.493 e. The van der Waals surface area contributed by atoms with E-state index < -0.39 is 5.82 Å². The van der Waals surface area contributed by atoms with Gasteiger partial charge < -0.3 is 4.74 Å². The van der Waals surface area contributed by atoms with Crippen molar-refractivity contribution in [3.8, 4) is 5.75 Å². The van der Waals surface area contributed by atoms with Crippen LogP contribution < -0.4 is 4.74 Å². The first-order valence-electron chi connectivity index (χ1n) is 3.71. The molecule has 70 valence electrons. The highest BCUT2D eigenvalue weighted by atomic mass is 79.9. The summed E-state index contributed by atoms with van der Waals surface area (Å²) in [7, 11) is 0. The summed E-state index contributed by atoms with van der Waals surface area (Å²) in [6.07, 6.45) is 0.476. The van der Waals surface area contributed by atoms with Gasteiger partial charge in [-0.15, -0.1) is 0 Å². The molecule has 0 spiro atoms. The number of hydrogen-bond donors (Lipinski definition) is 0. The summed E-state index contributed by atoms with van der Waals surface area (Å²) >= 11 is 3.18. The lowest BCUT2D eigenvalue weighted by molar-refractivity contribution is 0.112. The minimum absolute atomic E-state index is 0.0474. The molecule has 0 radical (unpaired) electrons. The lowest BCUT2D eigenvalue weighted by Crippen LogP contribution is -1.98. The van der Waals surface area contributed by atoms with E-state index in [9.17, 15) is 9.18 Å². The lowest BCUT2D eigenvalue weighted by atomic mass is 10.2. The van der Waals surface area contributed by atoms with Crippen LogP contribution >= 0.6 is 15.9 Å². The van der Waals surface area contributed by atoms with Gasteiger partial charge in [-0.2, -0.15) is 0 Å². The Morgan fingerprint density at radius 2 is 2.31 bits per heavy atom. The molecule has 0 saturated heterocycles. The highest BCUT2D eigenvalue weighted by Gasteiger charge is 2.02. The molecule has 1 rings (SSSR count). The van der Waals surface area contributed by atoms with E-state index in [2.05, 4.69) is 15.9 Å². The number of halogens is 2. The number of carbonyl (C=O) groups is 1. The van der Waals surface area contributed by atoms with Gasteiger partial charge in [0.05, 0.1) is 12.2 Å². The number of carbonyl (C=O) groups excluding carboxylic acids is 1. The molecule has 0 atom stereocenters. The van der Waals surface area contributed by atoms with Crippen LogP contribution in [-0.2, 0) is 0 Å². The number of aldehydes is 1. The maximum Gasteiger partial charge on any atom is 0.152 e. The Morgan fingerprint density at radius 1 is 1.54 bits per heavy atom. The summed E-state index contributed by atoms with van der Waals surface area (Å²) in [4.78, 5) is 10.3. The molecular formula is C9H8BrFO2.